The summed E-state index contributed by atoms with van der Waals surface area (Å²) in [5, 5.41) is 19.1. The van der Waals surface area contributed by atoms with E-state index < -0.39 is 11.6 Å². The van der Waals surface area contributed by atoms with Gasteiger partial charge in [0.1, 0.15) is 5.69 Å². The Morgan fingerprint density at radius 1 is 1.00 bits per heavy atom. The lowest BCUT2D eigenvalue weighted by atomic mass is 10.1. The molecule has 0 aliphatic rings. The van der Waals surface area contributed by atoms with E-state index >= 15 is 0 Å². The van der Waals surface area contributed by atoms with E-state index in [-0.39, 0.29) is 5.69 Å². The lowest BCUT2D eigenvalue weighted by molar-refractivity contribution is 0.318. The van der Waals surface area contributed by atoms with E-state index in [0.717, 1.165) is 0 Å². The highest BCUT2D eigenvalue weighted by atomic mass is 35.5. The summed E-state index contributed by atoms with van der Waals surface area (Å²) in [5.41, 5.74) is -0.438. The van der Waals surface area contributed by atoms with E-state index in [9.17, 15) is 9.90 Å². The molecule has 0 spiro atoms. The van der Waals surface area contributed by atoms with Crippen LogP contribution in [-0.2, 0) is 0 Å². The summed E-state index contributed by atoms with van der Waals surface area (Å²) < 4.78 is 4.75. The van der Waals surface area contributed by atoms with Crippen LogP contribution in [0.15, 0.2) is 61.9 Å². The number of benzene rings is 2. The summed E-state index contributed by atoms with van der Waals surface area (Å²) in [6.45, 7) is 0. The van der Waals surface area contributed by atoms with Crippen molar-refractivity contribution >= 4 is 45.3 Å². The van der Waals surface area contributed by atoms with Crippen molar-refractivity contribution < 1.29 is 9.52 Å². The second kappa shape index (κ2) is 5.79. The van der Waals surface area contributed by atoms with Gasteiger partial charge in [0, 0.05) is 10.4 Å². The molecule has 1 aromatic heterocycles. The lowest BCUT2D eigenvalue weighted by Crippen LogP contribution is -1.98. The van der Waals surface area contributed by atoms with Crippen LogP contribution in [0.3, 0.4) is 0 Å². The molecule has 0 aliphatic heterocycles. The number of hydrogen-bond acceptors (Lipinski definition) is 5. The van der Waals surface area contributed by atoms with Crippen molar-refractivity contribution in [3.05, 3.63) is 62.9 Å². The number of nitrogens with zero attached hydrogens (tertiary/aromatic N) is 2. The number of fused-ring (bicyclic) bond motifs is 1. The van der Waals surface area contributed by atoms with Crippen molar-refractivity contribution in [3.8, 4) is 5.95 Å². The Bertz CT molecular complexity index is 951. The number of aromatic hydroxyl groups is 1. The van der Waals surface area contributed by atoms with Gasteiger partial charge in [-0.25, -0.2) is 4.79 Å². The van der Waals surface area contributed by atoms with Crippen molar-refractivity contribution in [3.63, 3.8) is 0 Å². The van der Waals surface area contributed by atoms with Crippen LogP contribution < -0.4 is 5.63 Å². The van der Waals surface area contributed by atoms with Gasteiger partial charge in [-0.3, -0.25) is 0 Å². The second-order valence-corrected chi connectivity index (χ2v) is 5.23. The van der Waals surface area contributed by atoms with Gasteiger partial charge in [-0.2, -0.15) is 0 Å². The van der Waals surface area contributed by atoms with Crippen molar-refractivity contribution in [2.24, 2.45) is 10.2 Å². The van der Waals surface area contributed by atoms with Gasteiger partial charge in [0.05, 0.1) is 10.4 Å². The van der Waals surface area contributed by atoms with E-state index in [4.69, 9.17) is 27.6 Å². The third-order valence-electron chi connectivity index (χ3n) is 2.96. The molecule has 0 unspecified atom stereocenters. The maximum Gasteiger partial charge on any atom is 0.367 e. The molecule has 0 atom stereocenters. The molecule has 3 aromatic rings. The van der Waals surface area contributed by atoms with Crippen LogP contribution in [0.4, 0.5) is 11.4 Å². The lowest BCUT2D eigenvalue weighted by Gasteiger charge is -2.01. The zero-order valence-corrected chi connectivity index (χ0v) is 12.5. The van der Waals surface area contributed by atoms with Gasteiger partial charge >= 0.3 is 5.63 Å². The first-order chi connectivity index (χ1) is 10.6. The van der Waals surface area contributed by atoms with Gasteiger partial charge in [-0.1, -0.05) is 41.4 Å². The zero-order valence-electron chi connectivity index (χ0n) is 11.0. The summed E-state index contributed by atoms with van der Waals surface area (Å²) >= 11 is 11.8. The fourth-order valence-corrected chi connectivity index (χ4v) is 2.38. The fraction of sp³-hybridized carbons (Fsp3) is 0. The molecular weight excluding hydrogens is 327 g/mol. The Kier molecular flexibility index (Phi) is 3.83. The Hall–Kier alpha value is -2.37. The highest BCUT2D eigenvalue weighted by Crippen LogP contribution is 2.32. The molecule has 0 aliphatic carbocycles. The topological polar surface area (TPSA) is 75.2 Å². The van der Waals surface area contributed by atoms with Gasteiger partial charge in [-0.15, -0.1) is 10.2 Å². The van der Waals surface area contributed by atoms with Gasteiger partial charge < -0.3 is 9.52 Å². The highest BCUT2D eigenvalue weighted by molar-refractivity contribution is 6.36. The molecule has 22 heavy (non-hydrogen) atoms. The van der Waals surface area contributed by atoms with Crippen molar-refractivity contribution in [2.75, 3.05) is 0 Å². The average Bonchev–Trinajstić information content (AvgIpc) is 2.49. The second-order valence-electron chi connectivity index (χ2n) is 4.38. The molecule has 0 amide bonds. The quantitative estimate of drug-likeness (QED) is 0.652. The van der Waals surface area contributed by atoms with Crippen LogP contribution >= 0.6 is 23.2 Å². The molecule has 1 N–H and O–H groups in total. The molecule has 0 saturated heterocycles. The Labute approximate surface area is 134 Å². The van der Waals surface area contributed by atoms with Gasteiger partial charge in [0.2, 0.25) is 0 Å². The summed E-state index contributed by atoms with van der Waals surface area (Å²) in [4.78, 5) is 11.9. The van der Waals surface area contributed by atoms with Gasteiger partial charge in [-0.05, 0) is 24.3 Å². The molecule has 7 heteroatoms. The molecule has 0 bridgehead atoms. The van der Waals surface area contributed by atoms with Crippen LogP contribution in [0.25, 0.3) is 10.8 Å². The fourth-order valence-electron chi connectivity index (χ4n) is 1.94. The number of azo groups is 1. The number of rotatable bonds is 2. The summed E-state index contributed by atoms with van der Waals surface area (Å²) in [6, 6.07) is 11.4. The van der Waals surface area contributed by atoms with Gasteiger partial charge in [0.15, 0.2) is 5.69 Å². The van der Waals surface area contributed by atoms with Gasteiger partial charge in [0.25, 0.3) is 5.95 Å². The minimum atomic E-state index is -0.787. The molecule has 0 radical (unpaired) electrons. The molecule has 1 heterocycles. The molecule has 3 rings (SSSR count). The van der Waals surface area contributed by atoms with Crippen molar-refractivity contribution in [2.45, 2.75) is 0 Å². The molecule has 5 nitrogen and oxygen atoms in total. The summed E-state index contributed by atoms with van der Waals surface area (Å²) in [5.74, 6) is -0.455. The third-order valence-corrected chi connectivity index (χ3v) is 3.50. The average molecular weight is 335 g/mol. The monoisotopic (exact) mass is 334 g/mol. The molecule has 0 fully saturated rings. The van der Waals surface area contributed by atoms with Crippen LogP contribution in [0.2, 0.25) is 10.0 Å². The summed E-state index contributed by atoms with van der Waals surface area (Å²) in [6.07, 6.45) is 0. The minimum Gasteiger partial charge on any atom is -0.480 e. The minimum absolute atomic E-state index is 0.0144. The maximum absolute atomic E-state index is 11.9. The first-order valence-corrected chi connectivity index (χ1v) is 6.93. The first kappa shape index (κ1) is 14.6. The molecule has 0 saturated carbocycles. The zero-order chi connectivity index (χ0) is 15.7. The Morgan fingerprint density at radius 3 is 2.45 bits per heavy atom. The standard InChI is InChI=1S/C15H8Cl2N2O3/c16-8-5-6-12(11(17)7-8)18-19-13-9-3-1-2-4-10(9)14(20)22-15(13)21/h1-7,20H. The largest absolute Gasteiger partial charge is 0.480 e. The number of halogens is 2. The third kappa shape index (κ3) is 2.68. The smallest absolute Gasteiger partial charge is 0.367 e. The molecule has 2 aromatic carbocycles. The van der Waals surface area contributed by atoms with E-state index in [0.29, 0.717) is 26.5 Å². The predicted octanol–water partition coefficient (Wildman–Crippen LogP) is 5.22. The normalized spacial score (nSPS) is 11.4. The Morgan fingerprint density at radius 2 is 1.73 bits per heavy atom. The van der Waals surface area contributed by atoms with Crippen LogP contribution in [0.1, 0.15) is 0 Å². The van der Waals surface area contributed by atoms with E-state index in [1.165, 1.54) is 6.07 Å². The van der Waals surface area contributed by atoms with Crippen LogP contribution in [0.5, 0.6) is 5.95 Å². The van der Waals surface area contributed by atoms with Crippen LogP contribution in [0, 0.1) is 0 Å². The van der Waals surface area contributed by atoms with E-state index in [1.54, 1.807) is 36.4 Å². The molecule has 110 valence electrons. The highest BCUT2D eigenvalue weighted by Gasteiger charge is 2.12. The van der Waals surface area contributed by atoms with E-state index in [1.807, 2.05) is 0 Å². The van der Waals surface area contributed by atoms with E-state index in [2.05, 4.69) is 10.2 Å². The van der Waals surface area contributed by atoms with Crippen LogP contribution in [-0.4, -0.2) is 5.11 Å². The maximum atomic E-state index is 11.9. The Balaban J connectivity index is 2.15. The predicted molar refractivity (Wildman–Crippen MR) is 84.8 cm³/mol. The molecular formula is C15H8Cl2N2O3. The SMILES string of the molecule is O=c1oc(O)c2ccccc2c1N=Nc1ccc(Cl)cc1Cl. The first-order valence-electron chi connectivity index (χ1n) is 6.18. The summed E-state index contributed by atoms with van der Waals surface area (Å²) in [7, 11) is 0. The van der Waals surface area contributed by atoms with Crippen molar-refractivity contribution in [1.82, 2.24) is 0 Å². The number of hydrogen-bond donors (Lipinski definition) is 1. The van der Waals surface area contributed by atoms with Crippen molar-refractivity contribution in [1.29, 1.82) is 0 Å².